The third-order valence-electron chi connectivity index (χ3n) is 14.6. The molecule has 0 aromatic carbocycles. The van der Waals surface area contributed by atoms with Gasteiger partial charge in [0, 0.05) is 81.6 Å². The lowest BCUT2D eigenvalue weighted by Crippen LogP contribution is -2.42. The van der Waals surface area contributed by atoms with E-state index in [-0.39, 0.29) is 88.6 Å². The van der Waals surface area contributed by atoms with Crippen LogP contribution in [0.1, 0.15) is 121 Å². The Kier molecular flexibility index (Phi) is 32.6. The second kappa shape index (κ2) is 38.1. The van der Waals surface area contributed by atoms with Gasteiger partial charge in [-0.25, -0.2) is 14.4 Å². The molecule has 3 saturated heterocycles. The number of carboxylic acid groups (broad SMARTS) is 1. The van der Waals surface area contributed by atoms with Gasteiger partial charge in [0.25, 0.3) is 16.7 Å². The second-order valence-electron chi connectivity index (χ2n) is 21.8. The predicted molar refractivity (Wildman–Crippen MR) is 319 cm³/mol. The standard InChI is InChI=1S/C21H29F3N4O8.C20H26F3N3O9.C15H20F3N3O6.CH4/c1-4-12-15(36-14(30)7-6-13(29)25-3)16(34-9-5-8-26-19(32)21(22,23)24)18(35-12)28-10-11(2)17(31)27-20(28)33;1-3-11-14(35-13(29)6-5-12(27)28)15(33-8-4-7-24-18(31)20(21,22)23)17(34-11)26-9-10(2)16(30)25-19(26)32;1-3-8-9(22)10(26-5-4-19-13(24)15(16,17)18)12(27-8)21-6-7(2)11(23)20-14(21)25;/h10,12,15-16,18H,4-9H2,1-3H3,(H,25,29)(H,26,32)(H,27,31,33);9,11,14-15,17H,3-8H2,1-2H3,(H,24,31)(H,27,28)(H,25,30,32);6,8-10,12,22H,3-5H2,1-2H3,(H,19,24)(H,20,23,25);1H4/t12-,15+,16?,18-;11-,14+,15?,17-;8-,9+,10?,12-;/m111./s1. The molecule has 4 amide bonds. The number of nitrogens with one attached hydrogen (secondary N) is 7. The summed E-state index contributed by atoms with van der Waals surface area (Å²) in [6, 6.07) is 0. The highest BCUT2D eigenvalue weighted by Gasteiger charge is 2.51. The third kappa shape index (κ3) is 24.7. The number of carbonyl (C=O) groups is 7. The Morgan fingerprint density at radius 2 is 0.818 bits per heavy atom. The van der Waals surface area contributed by atoms with Gasteiger partial charge in [-0.1, -0.05) is 28.2 Å². The van der Waals surface area contributed by atoms with Crippen molar-refractivity contribution in [1.82, 2.24) is 49.9 Å². The molecular weight excluding hydrogens is 1360 g/mol. The number of amides is 4. The smallest absolute Gasteiger partial charge is 0.471 e. The normalized spacial score (nSPS) is 22.7. The first-order valence-electron chi connectivity index (χ1n) is 30.1. The van der Waals surface area contributed by atoms with Crippen molar-refractivity contribution < 1.29 is 121 Å². The molecule has 3 aliphatic rings. The first-order valence-corrected chi connectivity index (χ1v) is 30.1. The van der Waals surface area contributed by atoms with Crippen molar-refractivity contribution in [2.75, 3.05) is 46.5 Å². The molecule has 0 spiro atoms. The number of carboxylic acids is 1. The SMILES string of the molecule is C.CC[C@H]1O[C@@H](n2cc(C)c(=O)[nH]c2=O)C(OCCCNC(=O)C(F)(F)F)[C@H]1OC(=O)CCC(=O)NC.CC[C@H]1O[C@@H](n2cc(C)c(=O)[nH]c2=O)C(OCCCNC(=O)C(F)(F)F)[C@H]1OC(=O)CCC(=O)O.CC[C@H]1O[C@@H](n2cc(C)c(=O)[nH]c2=O)C(OCCNC(=O)C(F)(F)F)[C@H]1O. The number of ether oxygens (including phenoxy) is 8. The van der Waals surface area contributed by atoms with E-state index in [0.29, 0.717) is 19.3 Å². The number of carbonyl (C=O) groups excluding carboxylic acids is 6. The minimum atomic E-state index is -5.03. The van der Waals surface area contributed by atoms with Gasteiger partial charge in [0.15, 0.2) is 30.9 Å². The first-order chi connectivity index (χ1) is 45.8. The number of H-pyrrole nitrogens is 3. The van der Waals surface area contributed by atoms with Gasteiger partial charge in [0.05, 0.1) is 44.2 Å². The molecule has 3 aliphatic heterocycles. The maximum Gasteiger partial charge on any atom is 0.471 e. The summed E-state index contributed by atoms with van der Waals surface area (Å²) in [5.41, 5.74) is -3.60. The Hall–Kier alpha value is -8.58. The number of hydrogen-bond donors (Lipinski definition) is 9. The average Bonchev–Trinajstić information content (AvgIpc) is 1.67. The van der Waals surface area contributed by atoms with Crippen molar-refractivity contribution in [3.63, 3.8) is 0 Å². The summed E-state index contributed by atoms with van der Waals surface area (Å²) in [5.74, 6) is -9.45. The van der Waals surface area contributed by atoms with Crippen molar-refractivity contribution >= 4 is 41.5 Å². The molecule has 3 aromatic heterocycles. The van der Waals surface area contributed by atoms with Crippen LogP contribution in [0, 0.1) is 20.8 Å². The van der Waals surface area contributed by atoms with Crippen molar-refractivity contribution in [2.45, 2.75) is 199 Å². The lowest BCUT2D eigenvalue weighted by Gasteiger charge is -2.25. The average molecular weight is 1440 g/mol. The van der Waals surface area contributed by atoms with E-state index in [2.05, 4.69) is 20.3 Å². The van der Waals surface area contributed by atoms with E-state index in [1.165, 1.54) is 46.4 Å². The fraction of sp³-hybridized carbons (Fsp3) is 0.667. The number of hydrogen-bond acceptors (Lipinski definition) is 22. The molecule has 3 unspecified atom stereocenters. The topological polar surface area (TPSA) is 446 Å². The maximum atomic E-state index is 12.5. The molecule has 6 rings (SSSR count). The van der Waals surface area contributed by atoms with Crippen LogP contribution in [0.5, 0.6) is 0 Å². The predicted octanol–water partition coefficient (Wildman–Crippen LogP) is 0.640. The van der Waals surface area contributed by atoms with E-state index in [1.54, 1.807) is 36.7 Å². The molecule has 3 fully saturated rings. The quantitative estimate of drug-likeness (QED) is 0.0274. The number of aliphatic hydroxyl groups is 1. The first kappa shape index (κ1) is 84.6. The van der Waals surface area contributed by atoms with E-state index < -0.39 is 181 Å². The van der Waals surface area contributed by atoms with Crippen molar-refractivity contribution in [2.24, 2.45) is 0 Å². The van der Waals surface area contributed by atoms with E-state index in [1.807, 2.05) is 0 Å². The van der Waals surface area contributed by atoms with Gasteiger partial charge in [-0.15, -0.1) is 0 Å². The van der Waals surface area contributed by atoms with Crippen LogP contribution in [0.2, 0.25) is 0 Å². The van der Waals surface area contributed by atoms with Gasteiger partial charge in [0.2, 0.25) is 5.91 Å². The van der Waals surface area contributed by atoms with E-state index in [4.69, 9.17) is 43.0 Å². The Bertz CT molecular complexity index is 3610. The third-order valence-corrected chi connectivity index (χ3v) is 14.6. The summed E-state index contributed by atoms with van der Waals surface area (Å²) in [6.45, 7) is 7.66. The number of rotatable bonds is 28. The molecule has 6 heterocycles. The lowest BCUT2D eigenvalue weighted by molar-refractivity contribution is -0.174. The summed E-state index contributed by atoms with van der Waals surface area (Å²) in [5, 5.41) is 26.5. The molecule has 3 aromatic rings. The van der Waals surface area contributed by atoms with Crippen LogP contribution in [0.4, 0.5) is 39.5 Å². The Labute approximate surface area is 554 Å². The summed E-state index contributed by atoms with van der Waals surface area (Å²) in [7, 11) is 1.42. The molecule has 0 radical (unpaired) electrons. The highest BCUT2D eigenvalue weighted by molar-refractivity contribution is 5.83. The molecule has 558 valence electrons. The van der Waals surface area contributed by atoms with Crippen LogP contribution in [-0.4, -0.2) is 200 Å². The maximum absolute atomic E-state index is 12.5. The fourth-order valence-corrected chi connectivity index (χ4v) is 9.56. The number of nitrogens with zero attached hydrogens (tertiary/aromatic N) is 3. The minimum absolute atomic E-state index is 0. The fourth-order valence-electron chi connectivity index (χ4n) is 9.56. The second-order valence-corrected chi connectivity index (χ2v) is 21.8. The van der Waals surface area contributed by atoms with Gasteiger partial charge in [0.1, 0.15) is 24.4 Å². The zero-order valence-electron chi connectivity index (χ0n) is 53.5. The number of aromatic amines is 3. The molecule has 0 aliphatic carbocycles. The number of aliphatic hydroxyl groups excluding tert-OH is 1. The van der Waals surface area contributed by atoms with Crippen LogP contribution >= 0.6 is 0 Å². The highest BCUT2D eigenvalue weighted by Crippen LogP contribution is 2.37. The van der Waals surface area contributed by atoms with Crippen LogP contribution < -0.4 is 55.0 Å². The van der Waals surface area contributed by atoms with E-state index in [0.717, 1.165) is 13.7 Å². The zero-order valence-corrected chi connectivity index (χ0v) is 53.5. The van der Waals surface area contributed by atoms with Gasteiger partial charge < -0.3 is 69.4 Å². The molecule has 99 heavy (non-hydrogen) atoms. The zero-order chi connectivity index (χ0) is 73.7. The van der Waals surface area contributed by atoms with E-state index in [9.17, 15) is 107 Å². The number of esters is 2. The highest BCUT2D eigenvalue weighted by atomic mass is 19.4. The molecule has 42 heteroatoms. The Morgan fingerprint density at radius 1 is 0.495 bits per heavy atom. The molecule has 0 bridgehead atoms. The van der Waals surface area contributed by atoms with Crippen molar-refractivity contribution in [3.05, 3.63) is 97.8 Å². The summed E-state index contributed by atoms with van der Waals surface area (Å²) in [6.07, 6.45) is -23.8. The number of aliphatic carboxylic acids is 1. The largest absolute Gasteiger partial charge is 0.481 e. The number of halogens is 9. The molecule has 0 saturated carbocycles. The molecule has 33 nitrogen and oxygen atoms in total. The Morgan fingerprint density at radius 3 is 1.15 bits per heavy atom. The van der Waals surface area contributed by atoms with Crippen LogP contribution in [0.25, 0.3) is 0 Å². The van der Waals surface area contributed by atoms with Gasteiger partial charge >= 0.3 is 71.2 Å². The number of aromatic nitrogens is 6. The summed E-state index contributed by atoms with van der Waals surface area (Å²) in [4.78, 5) is 158. The number of alkyl halides is 9. The van der Waals surface area contributed by atoms with Crippen molar-refractivity contribution in [3.8, 4) is 0 Å². The summed E-state index contributed by atoms with van der Waals surface area (Å²) >= 11 is 0. The van der Waals surface area contributed by atoms with Crippen LogP contribution in [0.15, 0.2) is 47.4 Å². The number of aryl methyl sites for hydroxylation is 3. The minimum Gasteiger partial charge on any atom is -0.481 e. The van der Waals surface area contributed by atoms with Crippen molar-refractivity contribution in [1.29, 1.82) is 0 Å². The lowest BCUT2D eigenvalue weighted by atomic mass is 10.1. The van der Waals surface area contributed by atoms with Gasteiger partial charge in [-0.3, -0.25) is 76.6 Å². The van der Waals surface area contributed by atoms with Crippen LogP contribution in [-0.2, 0) is 71.5 Å². The van der Waals surface area contributed by atoms with E-state index >= 15 is 0 Å². The summed E-state index contributed by atoms with van der Waals surface area (Å²) < 4.78 is 159. The van der Waals surface area contributed by atoms with Gasteiger partial charge in [-0.05, 0) is 52.9 Å². The van der Waals surface area contributed by atoms with Gasteiger partial charge in [-0.2, -0.15) is 39.5 Å². The van der Waals surface area contributed by atoms with Crippen LogP contribution in [0.3, 0.4) is 0 Å². The molecular formula is C57H79F9N10O23. The molecule has 12 atom stereocenters. The monoisotopic (exact) mass is 1440 g/mol. The molecule has 9 N–H and O–H groups in total. The Balaban J connectivity index is 0.000000389.